The first-order valence-electron chi connectivity index (χ1n) is 11.4. The fourth-order valence-electron chi connectivity index (χ4n) is 4.03. The van der Waals surface area contributed by atoms with Crippen molar-refractivity contribution in [1.82, 2.24) is 9.88 Å². The van der Waals surface area contributed by atoms with Crippen LogP contribution in [0.25, 0.3) is 16.3 Å². The molecule has 192 valence electrons. The van der Waals surface area contributed by atoms with Gasteiger partial charge in [0.1, 0.15) is 21.7 Å². The molecular formula is C25H28ClN3O6S. The Labute approximate surface area is 219 Å². The van der Waals surface area contributed by atoms with Gasteiger partial charge in [-0.1, -0.05) is 17.4 Å². The van der Waals surface area contributed by atoms with Gasteiger partial charge < -0.3 is 23.7 Å². The summed E-state index contributed by atoms with van der Waals surface area (Å²) in [6.07, 6.45) is 3.35. The molecule has 2 aliphatic rings. The van der Waals surface area contributed by atoms with Crippen molar-refractivity contribution in [2.75, 3.05) is 65.3 Å². The van der Waals surface area contributed by atoms with Crippen molar-refractivity contribution in [2.24, 2.45) is 0 Å². The Bertz CT molecular complexity index is 1200. The van der Waals surface area contributed by atoms with Crippen LogP contribution < -0.4 is 23.8 Å². The molecule has 1 saturated heterocycles. The first-order valence-corrected chi connectivity index (χ1v) is 12.2. The van der Waals surface area contributed by atoms with Crippen molar-refractivity contribution in [1.29, 1.82) is 0 Å². The predicted molar refractivity (Wildman–Crippen MR) is 141 cm³/mol. The monoisotopic (exact) mass is 533 g/mol. The Balaban J connectivity index is 0.00000304. The second-order valence-corrected chi connectivity index (χ2v) is 9.01. The molecule has 0 unspecified atom stereocenters. The largest absolute Gasteiger partial charge is 0.495 e. The van der Waals surface area contributed by atoms with Gasteiger partial charge in [-0.05, 0) is 35.9 Å². The molecule has 0 aliphatic carbocycles. The standard InChI is InChI=1S/C25H27N3O6S.ClH/c1-30-19-6-7-20(31-2)24-23(19)26-25(35-24)28(10-9-27-11-13-32-14-12-27)22(29)8-4-17-3-5-18-21(15-17)34-16-33-18;/h3-8,15H,9-14,16H2,1-2H3;1H/b8-4+;. The van der Waals surface area contributed by atoms with E-state index in [1.165, 1.54) is 11.3 Å². The predicted octanol–water partition coefficient (Wildman–Crippen LogP) is 3.84. The van der Waals surface area contributed by atoms with E-state index in [2.05, 4.69) is 4.90 Å². The van der Waals surface area contributed by atoms with Gasteiger partial charge in [0.15, 0.2) is 16.6 Å². The van der Waals surface area contributed by atoms with E-state index in [0.717, 1.165) is 29.9 Å². The summed E-state index contributed by atoms with van der Waals surface area (Å²) in [5.41, 5.74) is 1.53. The molecule has 1 aromatic heterocycles. The SMILES string of the molecule is COc1ccc(OC)c2sc(N(CCN3CCOCC3)C(=O)/C=C/c3ccc4c(c3)OCO4)nc12.Cl. The Kier molecular flexibility index (Phi) is 8.52. The number of anilines is 1. The van der Waals surface area contributed by atoms with E-state index in [-0.39, 0.29) is 25.1 Å². The second kappa shape index (κ2) is 11.8. The van der Waals surface area contributed by atoms with Gasteiger partial charge in [-0.15, -0.1) is 12.4 Å². The molecule has 3 heterocycles. The van der Waals surface area contributed by atoms with E-state index in [1.807, 2.05) is 30.3 Å². The van der Waals surface area contributed by atoms with Crippen molar-refractivity contribution >= 4 is 51.1 Å². The van der Waals surface area contributed by atoms with Gasteiger partial charge in [0.2, 0.25) is 6.79 Å². The second-order valence-electron chi connectivity index (χ2n) is 8.03. The molecule has 0 atom stereocenters. The third-order valence-electron chi connectivity index (χ3n) is 5.95. The topological polar surface area (TPSA) is 82.6 Å². The maximum Gasteiger partial charge on any atom is 0.252 e. The summed E-state index contributed by atoms with van der Waals surface area (Å²) in [6, 6.07) is 9.27. The number of ether oxygens (including phenoxy) is 5. The number of thiazole rings is 1. The summed E-state index contributed by atoms with van der Waals surface area (Å²) in [7, 11) is 3.23. The van der Waals surface area contributed by atoms with Crippen LogP contribution in [-0.2, 0) is 9.53 Å². The Morgan fingerprint density at radius 1 is 1.11 bits per heavy atom. The van der Waals surface area contributed by atoms with Crippen LogP contribution in [0.4, 0.5) is 5.13 Å². The van der Waals surface area contributed by atoms with Gasteiger partial charge in [-0.2, -0.15) is 0 Å². The van der Waals surface area contributed by atoms with Crippen LogP contribution in [0, 0.1) is 0 Å². The van der Waals surface area contributed by atoms with Crippen LogP contribution >= 0.6 is 23.7 Å². The minimum atomic E-state index is -0.159. The van der Waals surface area contributed by atoms with E-state index >= 15 is 0 Å². The molecule has 3 aromatic rings. The van der Waals surface area contributed by atoms with Crippen LogP contribution in [0.2, 0.25) is 0 Å². The lowest BCUT2D eigenvalue weighted by atomic mass is 10.2. The number of morpholine rings is 1. The maximum absolute atomic E-state index is 13.5. The highest BCUT2D eigenvalue weighted by molar-refractivity contribution is 7.22. The van der Waals surface area contributed by atoms with Crippen LogP contribution in [0.3, 0.4) is 0 Å². The molecule has 0 saturated carbocycles. The molecule has 2 aromatic carbocycles. The molecule has 1 amide bonds. The fraction of sp³-hybridized carbons (Fsp3) is 0.360. The van der Waals surface area contributed by atoms with E-state index in [1.54, 1.807) is 31.3 Å². The number of rotatable bonds is 8. The zero-order valence-corrected chi connectivity index (χ0v) is 21.7. The number of nitrogens with zero attached hydrogens (tertiary/aromatic N) is 3. The first-order chi connectivity index (χ1) is 17.2. The molecule has 0 N–H and O–H groups in total. The Morgan fingerprint density at radius 3 is 2.64 bits per heavy atom. The number of carbonyl (C=O) groups is 1. The number of halogens is 1. The Morgan fingerprint density at radius 2 is 1.86 bits per heavy atom. The number of benzene rings is 2. The lowest BCUT2D eigenvalue weighted by molar-refractivity contribution is -0.114. The van der Waals surface area contributed by atoms with Crippen molar-refractivity contribution in [3.05, 3.63) is 42.0 Å². The van der Waals surface area contributed by atoms with E-state index in [9.17, 15) is 4.79 Å². The van der Waals surface area contributed by atoms with E-state index < -0.39 is 0 Å². The smallest absolute Gasteiger partial charge is 0.252 e. The molecule has 5 rings (SSSR count). The lowest BCUT2D eigenvalue weighted by Crippen LogP contribution is -2.42. The molecule has 9 nitrogen and oxygen atoms in total. The molecule has 0 spiro atoms. The van der Waals surface area contributed by atoms with Crippen molar-refractivity contribution in [3.63, 3.8) is 0 Å². The number of carbonyl (C=O) groups excluding carboxylic acids is 1. The van der Waals surface area contributed by atoms with Gasteiger partial charge in [0.25, 0.3) is 5.91 Å². The number of aromatic nitrogens is 1. The molecule has 1 fully saturated rings. The van der Waals surface area contributed by atoms with Gasteiger partial charge in [0, 0.05) is 32.3 Å². The number of hydrogen-bond donors (Lipinski definition) is 0. The fourth-order valence-corrected chi connectivity index (χ4v) is 5.14. The van der Waals surface area contributed by atoms with Crippen molar-refractivity contribution < 1.29 is 28.5 Å². The van der Waals surface area contributed by atoms with E-state index in [4.69, 9.17) is 28.7 Å². The summed E-state index contributed by atoms with van der Waals surface area (Å²) in [4.78, 5) is 22.2. The zero-order chi connectivity index (χ0) is 24.2. The molecule has 0 bridgehead atoms. The highest BCUT2D eigenvalue weighted by atomic mass is 35.5. The molecule has 2 aliphatic heterocycles. The molecule has 0 radical (unpaired) electrons. The van der Waals surface area contributed by atoms with Gasteiger partial charge >= 0.3 is 0 Å². The summed E-state index contributed by atoms with van der Waals surface area (Å²) in [5, 5.41) is 0.594. The number of methoxy groups -OCH3 is 2. The van der Waals surface area contributed by atoms with Crippen LogP contribution in [0.15, 0.2) is 36.4 Å². The average molecular weight is 534 g/mol. The average Bonchev–Trinajstić information content (AvgIpc) is 3.55. The highest BCUT2D eigenvalue weighted by Gasteiger charge is 2.23. The minimum absolute atomic E-state index is 0. The summed E-state index contributed by atoms with van der Waals surface area (Å²) >= 11 is 1.41. The summed E-state index contributed by atoms with van der Waals surface area (Å²) in [6.45, 7) is 4.52. The quantitative estimate of drug-likeness (QED) is 0.404. The normalized spacial score (nSPS) is 15.2. The van der Waals surface area contributed by atoms with Crippen molar-refractivity contribution in [2.45, 2.75) is 0 Å². The number of hydrogen-bond acceptors (Lipinski definition) is 9. The van der Waals surface area contributed by atoms with Gasteiger partial charge in [-0.25, -0.2) is 4.98 Å². The first kappa shape index (κ1) is 26.0. The molecule has 36 heavy (non-hydrogen) atoms. The third-order valence-corrected chi connectivity index (χ3v) is 7.05. The third kappa shape index (κ3) is 5.52. The minimum Gasteiger partial charge on any atom is -0.495 e. The van der Waals surface area contributed by atoms with Crippen LogP contribution in [0.5, 0.6) is 23.0 Å². The highest BCUT2D eigenvalue weighted by Crippen LogP contribution is 2.40. The van der Waals surface area contributed by atoms with Gasteiger partial charge in [0.05, 0.1) is 27.4 Å². The summed E-state index contributed by atoms with van der Waals surface area (Å²) in [5.74, 6) is 2.56. The van der Waals surface area contributed by atoms with Gasteiger partial charge in [-0.3, -0.25) is 14.6 Å². The molecule has 11 heteroatoms. The van der Waals surface area contributed by atoms with Crippen molar-refractivity contribution in [3.8, 4) is 23.0 Å². The molecular weight excluding hydrogens is 506 g/mol. The number of amides is 1. The van der Waals surface area contributed by atoms with E-state index in [0.29, 0.717) is 53.4 Å². The van der Waals surface area contributed by atoms with Crippen LogP contribution in [-0.4, -0.2) is 76.2 Å². The maximum atomic E-state index is 13.5. The lowest BCUT2D eigenvalue weighted by Gasteiger charge is -2.28. The Hall–Kier alpha value is -3.05. The number of fused-ring (bicyclic) bond motifs is 2. The zero-order valence-electron chi connectivity index (χ0n) is 20.1. The van der Waals surface area contributed by atoms with Crippen LogP contribution in [0.1, 0.15) is 5.56 Å². The summed E-state index contributed by atoms with van der Waals surface area (Å²) < 4.78 is 28.1.